The van der Waals surface area contributed by atoms with E-state index in [9.17, 15) is 4.39 Å². The van der Waals surface area contributed by atoms with Gasteiger partial charge in [-0.05, 0) is 24.8 Å². The lowest BCUT2D eigenvalue weighted by Gasteiger charge is -2.30. The SMILES string of the molecule is CC(C)(C)C(F)C1CCCCNC1. The van der Waals surface area contributed by atoms with Crippen LogP contribution in [0, 0.1) is 11.3 Å². The Labute approximate surface area is 81.1 Å². The smallest absolute Gasteiger partial charge is 0.109 e. The van der Waals surface area contributed by atoms with E-state index in [2.05, 4.69) is 5.32 Å². The van der Waals surface area contributed by atoms with Gasteiger partial charge in [-0.25, -0.2) is 4.39 Å². The average molecular weight is 187 g/mol. The summed E-state index contributed by atoms with van der Waals surface area (Å²) in [4.78, 5) is 0. The molecular weight excluding hydrogens is 165 g/mol. The normalized spacial score (nSPS) is 28.2. The monoisotopic (exact) mass is 187 g/mol. The molecule has 78 valence electrons. The van der Waals surface area contributed by atoms with Crippen molar-refractivity contribution in [3.05, 3.63) is 0 Å². The Morgan fingerprint density at radius 1 is 1.31 bits per heavy atom. The molecule has 0 spiro atoms. The summed E-state index contributed by atoms with van der Waals surface area (Å²) in [7, 11) is 0. The van der Waals surface area contributed by atoms with Gasteiger partial charge in [-0.15, -0.1) is 0 Å². The third-order valence-corrected chi connectivity index (χ3v) is 2.83. The minimum atomic E-state index is -0.668. The van der Waals surface area contributed by atoms with Crippen LogP contribution in [-0.4, -0.2) is 19.3 Å². The second kappa shape index (κ2) is 4.41. The van der Waals surface area contributed by atoms with Crippen LogP contribution in [0.4, 0.5) is 4.39 Å². The zero-order valence-corrected chi connectivity index (χ0v) is 9.07. The molecule has 0 aromatic heterocycles. The highest BCUT2D eigenvalue weighted by atomic mass is 19.1. The Kier molecular flexibility index (Phi) is 3.72. The summed E-state index contributed by atoms with van der Waals surface area (Å²) < 4.78 is 13.9. The van der Waals surface area contributed by atoms with E-state index < -0.39 is 6.17 Å². The largest absolute Gasteiger partial charge is 0.316 e. The van der Waals surface area contributed by atoms with Crippen LogP contribution in [0.3, 0.4) is 0 Å². The highest BCUT2D eigenvalue weighted by Gasteiger charge is 2.32. The first-order valence-corrected chi connectivity index (χ1v) is 5.36. The molecule has 13 heavy (non-hydrogen) atoms. The van der Waals surface area contributed by atoms with Crippen molar-refractivity contribution in [1.82, 2.24) is 5.32 Å². The van der Waals surface area contributed by atoms with E-state index in [1.54, 1.807) is 0 Å². The van der Waals surface area contributed by atoms with Crippen LogP contribution in [0.25, 0.3) is 0 Å². The minimum Gasteiger partial charge on any atom is -0.316 e. The lowest BCUT2D eigenvalue weighted by atomic mass is 9.81. The molecule has 2 unspecified atom stereocenters. The lowest BCUT2D eigenvalue weighted by molar-refractivity contribution is 0.0938. The maximum atomic E-state index is 13.9. The van der Waals surface area contributed by atoms with Crippen LogP contribution < -0.4 is 5.32 Å². The molecule has 0 radical (unpaired) electrons. The second-order valence-corrected chi connectivity index (χ2v) is 5.23. The predicted octanol–water partition coefficient (Wildman–Crippen LogP) is 2.76. The van der Waals surface area contributed by atoms with E-state index in [-0.39, 0.29) is 11.3 Å². The number of nitrogens with one attached hydrogen (secondary N) is 1. The molecule has 0 saturated carbocycles. The molecule has 1 fully saturated rings. The molecule has 1 rings (SSSR count). The van der Waals surface area contributed by atoms with Crippen LogP contribution in [0.1, 0.15) is 40.0 Å². The third-order valence-electron chi connectivity index (χ3n) is 2.83. The summed E-state index contributed by atoms with van der Waals surface area (Å²) in [6.45, 7) is 7.89. The van der Waals surface area contributed by atoms with Crippen LogP contribution in [0.5, 0.6) is 0 Å². The Morgan fingerprint density at radius 3 is 2.62 bits per heavy atom. The fraction of sp³-hybridized carbons (Fsp3) is 1.00. The van der Waals surface area contributed by atoms with Gasteiger partial charge < -0.3 is 5.32 Å². The number of hydrogen-bond acceptors (Lipinski definition) is 1. The van der Waals surface area contributed by atoms with Gasteiger partial charge in [-0.2, -0.15) is 0 Å². The summed E-state index contributed by atoms with van der Waals surface area (Å²) in [5.74, 6) is 0.225. The van der Waals surface area contributed by atoms with Gasteiger partial charge in [0.2, 0.25) is 0 Å². The maximum absolute atomic E-state index is 13.9. The molecule has 1 heterocycles. The molecule has 0 aromatic rings. The summed E-state index contributed by atoms with van der Waals surface area (Å²) in [5, 5.41) is 3.31. The Bertz CT molecular complexity index is 143. The highest BCUT2D eigenvalue weighted by molar-refractivity contribution is 4.83. The summed E-state index contributed by atoms with van der Waals surface area (Å²) in [5.41, 5.74) is -0.198. The molecular formula is C11H22FN. The number of halogens is 1. The molecule has 2 atom stereocenters. The van der Waals surface area contributed by atoms with Crippen molar-refractivity contribution in [2.75, 3.05) is 13.1 Å². The summed E-state index contributed by atoms with van der Waals surface area (Å²) in [6, 6.07) is 0. The first-order chi connectivity index (χ1) is 6.02. The van der Waals surface area contributed by atoms with Crippen molar-refractivity contribution in [1.29, 1.82) is 0 Å². The zero-order chi connectivity index (χ0) is 9.90. The van der Waals surface area contributed by atoms with Crippen molar-refractivity contribution in [3.8, 4) is 0 Å². The van der Waals surface area contributed by atoms with E-state index in [4.69, 9.17) is 0 Å². The van der Waals surface area contributed by atoms with Gasteiger partial charge in [0, 0.05) is 12.5 Å². The van der Waals surface area contributed by atoms with Crippen LogP contribution in [0.2, 0.25) is 0 Å². The van der Waals surface area contributed by atoms with Gasteiger partial charge in [0.1, 0.15) is 6.17 Å². The molecule has 0 aromatic carbocycles. The topological polar surface area (TPSA) is 12.0 Å². The highest BCUT2D eigenvalue weighted by Crippen LogP contribution is 2.31. The van der Waals surface area contributed by atoms with E-state index in [1.807, 2.05) is 20.8 Å². The van der Waals surface area contributed by atoms with E-state index in [0.717, 1.165) is 19.5 Å². The molecule has 0 bridgehead atoms. The van der Waals surface area contributed by atoms with E-state index >= 15 is 0 Å². The van der Waals surface area contributed by atoms with Gasteiger partial charge in [0.15, 0.2) is 0 Å². The molecule has 2 heteroatoms. The number of hydrogen-bond donors (Lipinski definition) is 1. The van der Waals surface area contributed by atoms with Gasteiger partial charge in [-0.1, -0.05) is 27.2 Å². The van der Waals surface area contributed by atoms with E-state index in [0.29, 0.717) is 0 Å². The predicted molar refractivity (Wildman–Crippen MR) is 54.6 cm³/mol. The quantitative estimate of drug-likeness (QED) is 0.665. The summed E-state index contributed by atoms with van der Waals surface area (Å²) in [6.07, 6.45) is 2.76. The van der Waals surface area contributed by atoms with Crippen LogP contribution >= 0.6 is 0 Å². The van der Waals surface area contributed by atoms with Gasteiger partial charge >= 0.3 is 0 Å². The van der Waals surface area contributed by atoms with Gasteiger partial charge in [0.25, 0.3) is 0 Å². The van der Waals surface area contributed by atoms with Gasteiger partial charge in [0.05, 0.1) is 0 Å². The van der Waals surface area contributed by atoms with Crippen molar-refractivity contribution in [3.63, 3.8) is 0 Å². The average Bonchev–Trinajstić information content (AvgIpc) is 2.28. The fourth-order valence-corrected chi connectivity index (χ4v) is 2.00. The van der Waals surface area contributed by atoms with Gasteiger partial charge in [-0.3, -0.25) is 0 Å². The number of rotatable bonds is 1. The molecule has 1 aliphatic heterocycles. The first kappa shape index (κ1) is 11.0. The van der Waals surface area contributed by atoms with Crippen molar-refractivity contribution >= 4 is 0 Å². The molecule has 1 saturated heterocycles. The third kappa shape index (κ3) is 3.26. The summed E-state index contributed by atoms with van der Waals surface area (Å²) >= 11 is 0. The lowest BCUT2D eigenvalue weighted by Crippen LogP contribution is -2.35. The maximum Gasteiger partial charge on any atom is 0.109 e. The Hall–Kier alpha value is -0.110. The molecule has 0 aliphatic carbocycles. The van der Waals surface area contributed by atoms with Crippen LogP contribution in [0.15, 0.2) is 0 Å². The van der Waals surface area contributed by atoms with Crippen molar-refractivity contribution < 1.29 is 4.39 Å². The zero-order valence-electron chi connectivity index (χ0n) is 9.07. The molecule has 1 aliphatic rings. The minimum absolute atomic E-state index is 0.198. The number of alkyl halides is 1. The first-order valence-electron chi connectivity index (χ1n) is 5.36. The molecule has 1 nitrogen and oxygen atoms in total. The fourth-order valence-electron chi connectivity index (χ4n) is 2.00. The van der Waals surface area contributed by atoms with E-state index in [1.165, 1.54) is 12.8 Å². The molecule has 1 N–H and O–H groups in total. The van der Waals surface area contributed by atoms with Crippen LogP contribution in [-0.2, 0) is 0 Å². The standard InChI is InChI=1S/C11H22FN/c1-11(2,3)10(12)9-6-4-5-7-13-8-9/h9-10,13H,4-8H2,1-3H3. The van der Waals surface area contributed by atoms with Crippen molar-refractivity contribution in [2.24, 2.45) is 11.3 Å². The second-order valence-electron chi connectivity index (χ2n) is 5.23. The Morgan fingerprint density at radius 2 is 2.00 bits per heavy atom. The Balaban J connectivity index is 2.48. The van der Waals surface area contributed by atoms with Crippen molar-refractivity contribution in [2.45, 2.75) is 46.2 Å². The molecule has 0 amide bonds.